The molecule has 0 aliphatic rings. The number of halogens is 1. The van der Waals surface area contributed by atoms with Crippen LogP contribution in [-0.4, -0.2) is 10.2 Å². The van der Waals surface area contributed by atoms with E-state index in [-0.39, 0.29) is 5.92 Å². The molecule has 146 valence electrons. The van der Waals surface area contributed by atoms with Crippen LogP contribution < -0.4 is 10.1 Å². The Hall–Kier alpha value is -2.51. The summed E-state index contributed by atoms with van der Waals surface area (Å²) < 4.78 is 5.99. The average Bonchev–Trinajstić information content (AvgIpc) is 3.10. The first kappa shape index (κ1) is 20.2. The second-order valence-corrected chi connectivity index (χ2v) is 8.29. The van der Waals surface area contributed by atoms with E-state index in [1.807, 2.05) is 52.0 Å². The van der Waals surface area contributed by atoms with Crippen molar-refractivity contribution < 1.29 is 4.74 Å². The number of nitrogens with zero attached hydrogens (tertiary/aromatic N) is 3. The number of hydrogen-bond acceptors (Lipinski definition) is 7. The zero-order valence-corrected chi connectivity index (χ0v) is 17.7. The average molecular weight is 417 g/mol. The molecule has 3 rings (SSSR count). The van der Waals surface area contributed by atoms with Crippen LogP contribution in [0.25, 0.3) is 0 Å². The van der Waals surface area contributed by atoms with Gasteiger partial charge in [0.15, 0.2) is 5.01 Å². The minimum Gasteiger partial charge on any atom is -0.486 e. The molecule has 1 heterocycles. The number of benzene rings is 2. The van der Waals surface area contributed by atoms with E-state index in [0.717, 1.165) is 33.1 Å². The van der Waals surface area contributed by atoms with Crippen LogP contribution in [0.5, 0.6) is 5.75 Å². The van der Waals surface area contributed by atoms with Crippen molar-refractivity contribution in [2.75, 3.05) is 5.32 Å². The molecule has 0 bridgehead atoms. The molecule has 0 saturated carbocycles. The molecule has 0 spiro atoms. The van der Waals surface area contributed by atoms with Crippen LogP contribution in [0.2, 0.25) is 5.02 Å². The van der Waals surface area contributed by atoms with Crippen molar-refractivity contribution in [1.82, 2.24) is 10.2 Å². The van der Waals surface area contributed by atoms with E-state index < -0.39 is 0 Å². The van der Waals surface area contributed by atoms with Gasteiger partial charge in [0.25, 0.3) is 0 Å². The van der Waals surface area contributed by atoms with Crippen LogP contribution in [-0.2, 0) is 6.61 Å². The zero-order valence-electron chi connectivity index (χ0n) is 16.1. The lowest BCUT2D eigenvalue weighted by molar-refractivity contribution is 0.300. The Morgan fingerprint density at radius 2 is 1.96 bits per heavy atom. The van der Waals surface area contributed by atoms with Crippen molar-refractivity contribution in [2.45, 2.75) is 40.2 Å². The maximum atomic E-state index is 11.0. The van der Waals surface area contributed by atoms with E-state index in [4.69, 9.17) is 16.3 Å². The number of nitrogens with one attached hydrogen (secondary N) is 1. The minimum absolute atomic E-state index is 0.202. The van der Waals surface area contributed by atoms with Gasteiger partial charge in [-0.05, 0) is 65.9 Å². The van der Waals surface area contributed by atoms with Gasteiger partial charge in [-0.1, -0.05) is 42.9 Å². The molecule has 0 atom stereocenters. The second kappa shape index (κ2) is 8.67. The number of ether oxygens (including phenoxy) is 1. The minimum atomic E-state index is 0.202. The topological polar surface area (TPSA) is 76.5 Å². The summed E-state index contributed by atoms with van der Waals surface area (Å²) in [4.78, 5) is 11.0. The Bertz CT molecular complexity index is 1000. The summed E-state index contributed by atoms with van der Waals surface area (Å²) in [6.07, 6.45) is 0. The Morgan fingerprint density at radius 3 is 2.68 bits per heavy atom. The molecule has 0 saturated heterocycles. The number of aryl methyl sites for hydroxylation is 2. The first-order valence-corrected chi connectivity index (χ1v) is 10.0. The number of aromatic nitrogens is 2. The smallest absolute Gasteiger partial charge is 0.210 e. The summed E-state index contributed by atoms with van der Waals surface area (Å²) in [5.41, 5.74) is 4.13. The van der Waals surface area contributed by atoms with Gasteiger partial charge in [-0.3, -0.25) is 0 Å². The third-order valence-electron chi connectivity index (χ3n) is 4.31. The normalized spacial score (nSPS) is 10.9. The van der Waals surface area contributed by atoms with E-state index in [1.54, 1.807) is 6.07 Å². The van der Waals surface area contributed by atoms with E-state index >= 15 is 0 Å². The van der Waals surface area contributed by atoms with Gasteiger partial charge in [0, 0.05) is 10.7 Å². The first-order chi connectivity index (χ1) is 13.4. The van der Waals surface area contributed by atoms with Crippen molar-refractivity contribution in [2.24, 2.45) is 5.18 Å². The predicted molar refractivity (Wildman–Crippen MR) is 114 cm³/mol. The third-order valence-corrected chi connectivity index (χ3v) is 5.36. The molecule has 6 nitrogen and oxygen atoms in total. The first-order valence-electron chi connectivity index (χ1n) is 8.83. The maximum absolute atomic E-state index is 11.0. The third kappa shape index (κ3) is 4.66. The van der Waals surface area contributed by atoms with Gasteiger partial charge in [0.2, 0.25) is 5.13 Å². The zero-order chi connectivity index (χ0) is 20.3. The fourth-order valence-electron chi connectivity index (χ4n) is 2.71. The predicted octanol–water partition coefficient (Wildman–Crippen LogP) is 6.65. The molecule has 0 unspecified atom stereocenters. The van der Waals surface area contributed by atoms with E-state index in [1.165, 1.54) is 11.3 Å². The van der Waals surface area contributed by atoms with Gasteiger partial charge in [-0.2, -0.15) is 0 Å². The van der Waals surface area contributed by atoms with Gasteiger partial charge in [0.1, 0.15) is 18.0 Å². The Morgan fingerprint density at radius 1 is 1.18 bits per heavy atom. The Kier molecular flexibility index (Phi) is 6.26. The molecule has 0 fully saturated rings. The molecule has 3 aromatic rings. The van der Waals surface area contributed by atoms with Gasteiger partial charge in [-0.25, -0.2) is 0 Å². The molecular formula is C20H21ClN4O2S. The summed E-state index contributed by atoms with van der Waals surface area (Å²) in [7, 11) is 0. The van der Waals surface area contributed by atoms with Crippen LogP contribution in [0, 0.1) is 18.8 Å². The number of hydrogen-bond donors (Lipinski definition) is 1. The van der Waals surface area contributed by atoms with Crippen LogP contribution >= 0.6 is 22.9 Å². The number of rotatable bonds is 7. The quantitative estimate of drug-likeness (QED) is 0.436. The van der Waals surface area contributed by atoms with Crippen LogP contribution in [0.1, 0.15) is 41.5 Å². The highest BCUT2D eigenvalue weighted by molar-refractivity contribution is 7.15. The molecule has 8 heteroatoms. The number of nitroso groups, excluding NO2 is 1. The summed E-state index contributed by atoms with van der Waals surface area (Å²) >= 11 is 7.48. The standard InChI is InChI=1S/C20H21ClN4O2S/c1-11(2)15-9-17(25-26)13(4)7-18(15)27-10-19-23-24-20(28-19)22-16-8-14(21)6-5-12(16)3/h5-9,11H,10H2,1-4H3,(H,22,24). The highest BCUT2D eigenvalue weighted by atomic mass is 35.5. The lowest BCUT2D eigenvalue weighted by atomic mass is 9.99. The van der Waals surface area contributed by atoms with Crippen molar-refractivity contribution in [3.8, 4) is 5.75 Å². The van der Waals surface area contributed by atoms with Crippen LogP contribution in [0.15, 0.2) is 35.5 Å². The molecule has 28 heavy (non-hydrogen) atoms. The van der Waals surface area contributed by atoms with Crippen molar-refractivity contribution in [3.63, 3.8) is 0 Å². The molecule has 0 amide bonds. The molecule has 0 aliphatic carbocycles. The van der Waals surface area contributed by atoms with Crippen LogP contribution in [0.3, 0.4) is 0 Å². The molecular weight excluding hydrogens is 396 g/mol. The summed E-state index contributed by atoms with van der Waals surface area (Å²) in [5, 5.41) is 16.8. The van der Waals surface area contributed by atoms with E-state index in [9.17, 15) is 4.91 Å². The lowest BCUT2D eigenvalue weighted by Gasteiger charge is -2.15. The van der Waals surface area contributed by atoms with E-state index in [2.05, 4.69) is 20.7 Å². The summed E-state index contributed by atoms with van der Waals surface area (Å²) in [6, 6.07) is 9.29. The summed E-state index contributed by atoms with van der Waals surface area (Å²) in [6.45, 7) is 8.23. The fraction of sp³-hybridized carbons (Fsp3) is 0.300. The van der Waals surface area contributed by atoms with Crippen molar-refractivity contribution in [3.05, 3.63) is 62.0 Å². The molecule has 2 aromatic carbocycles. The molecule has 0 radical (unpaired) electrons. The molecule has 1 N–H and O–H groups in total. The number of anilines is 2. The van der Waals surface area contributed by atoms with Gasteiger partial charge in [0.05, 0.1) is 0 Å². The largest absolute Gasteiger partial charge is 0.486 e. The SMILES string of the molecule is Cc1cc(OCc2nnc(Nc3cc(Cl)ccc3C)s2)c(C(C)C)cc1N=O. The monoisotopic (exact) mass is 416 g/mol. The van der Waals surface area contributed by atoms with Gasteiger partial charge < -0.3 is 10.1 Å². The van der Waals surface area contributed by atoms with Crippen LogP contribution in [0.4, 0.5) is 16.5 Å². The second-order valence-electron chi connectivity index (χ2n) is 6.80. The van der Waals surface area contributed by atoms with Gasteiger partial charge >= 0.3 is 0 Å². The lowest BCUT2D eigenvalue weighted by Crippen LogP contribution is -2.00. The fourth-order valence-corrected chi connectivity index (χ4v) is 3.54. The highest BCUT2D eigenvalue weighted by Crippen LogP contribution is 2.34. The Balaban J connectivity index is 1.73. The maximum Gasteiger partial charge on any atom is 0.210 e. The molecule has 0 aliphatic heterocycles. The highest BCUT2D eigenvalue weighted by Gasteiger charge is 2.14. The van der Waals surface area contributed by atoms with Crippen molar-refractivity contribution in [1.29, 1.82) is 0 Å². The van der Waals surface area contributed by atoms with E-state index in [0.29, 0.717) is 22.4 Å². The molecule has 1 aromatic heterocycles. The summed E-state index contributed by atoms with van der Waals surface area (Å²) in [5.74, 6) is 0.934. The Labute approximate surface area is 172 Å². The van der Waals surface area contributed by atoms with Gasteiger partial charge in [-0.15, -0.1) is 15.1 Å². The van der Waals surface area contributed by atoms with Crippen molar-refractivity contribution >= 4 is 39.4 Å².